The Morgan fingerprint density at radius 2 is 1.57 bits per heavy atom. The van der Waals surface area contributed by atoms with Gasteiger partial charge in [-0.2, -0.15) is 0 Å². The second-order valence-electron chi connectivity index (χ2n) is 7.46. The van der Waals surface area contributed by atoms with Crippen molar-refractivity contribution < 1.29 is 9.90 Å². The second-order valence-corrected chi connectivity index (χ2v) is 7.46. The first-order chi connectivity index (χ1) is 14.7. The number of hydrogen-bond acceptors (Lipinski definition) is 3. The van der Waals surface area contributed by atoms with E-state index in [1.807, 2.05) is 48.5 Å². The fraction of sp³-hybridized carbons (Fsp3) is 0.0769. The van der Waals surface area contributed by atoms with Gasteiger partial charge in [-0.3, -0.25) is 9.79 Å². The number of aromatic hydroxyl groups is 1. The molecule has 0 aliphatic carbocycles. The summed E-state index contributed by atoms with van der Waals surface area (Å²) in [6, 6.07) is 28.5. The van der Waals surface area contributed by atoms with Crippen molar-refractivity contribution in [3.05, 3.63) is 108 Å². The molecule has 4 aromatic carbocycles. The van der Waals surface area contributed by atoms with Gasteiger partial charge in [-0.25, -0.2) is 0 Å². The number of fused-ring (bicyclic) bond motifs is 2. The Morgan fingerprint density at radius 1 is 0.833 bits per heavy atom. The van der Waals surface area contributed by atoms with Crippen molar-refractivity contribution in [2.24, 2.45) is 4.99 Å². The Labute approximate surface area is 174 Å². The lowest BCUT2D eigenvalue weighted by Crippen LogP contribution is -2.27. The molecule has 0 saturated heterocycles. The summed E-state index contributed by atoms with van der Waals surface area (Å²) in [5.74, 6) is 0.0764. The van der Waals surface area contributed by atoms with Crippen LogP contribution in [0.3, 0.4) is 0 Å². The molecular weight excluding hydrogens is 372 g/mol. The van der Waals surface area contributed by atoms with Gasteiger partial charge in [-0.1, -0.05) is 60.7 Å². The van der Waals surface area contributed by atoms with E-state index in [-0.39, 0.29) is 11.7 Å². The minimum Gasteiger partial charge on any atom is -0.508 e. The van der Waals surface area contributed by atoms with Gasteiger partial charge >= 0.3 is 0 Å². The monoisotopic (exact) mass is 392 g/mol. The Kier molecular flexibility index (Phi) is 4.52. The Morgan fingerprint density at radius 3 is 2.40 bits per heavy atom. The van der Waals surface area contributed by atoms with E-state index in [4.69, 9.17) is 4.99 Å². The molecule has 0 saturated carbocycles. The van der Waals surface area contributed by atoms with E-state index >= 15 is 0 Å². The molecule has 2 N–H and O–H groups in total. The topological polar surface area (TPSA) is 61.7 Å². The molecule has 0 radical (unpaired) electrons. The molecule has 0 spiro atoms. The Hall–Kier alpha value is -3.92. The first kappa shape index (κ1) is 18.1. The van der Waals surface area contributed by atoms with E-state index in [2.05, 4.69) is 35.6 Å². The number of nitrogens with zero attached hydrogens (tertiary/aromatic N) is 1. The van der Waals surface area contributed by atoms with Crippen LogP contribution in [-0.4, -0.2) is 22.8 Å². The van der Waals surface area contributed by atoms with Gasteiger partial charge in [0, 0.05) is 17.5 Å². The highest BCUT2D eigenvalue weighted by Crippen LogP contribution is 2.26. The van der Waals surface area contributed by atoms with Gasteiger partial charge in [0.2, 0.25) is 5.91 Å². The van der Waals surface area contributed by atoms with E-state index in [1.165, 1.54) is 5.39 Å². The number of phenols is 1. The number of benzene rings is 4. The summed E-state index contributed by atoms with van der Waals surface area (Å²) in [4.78, 5) is 17.9. The maximum absolute atomic E-state index is 13.0. The molecule has 1 aliphatic heterocycles. The lowest BCUT2D eigenvalue weighted by atomic mass is 9.99. The zero-order chi connectivity index (χ0) is 20.5. The van der Waals surface area contributed by atoms with Crippen molar-refractivity contribution in [1.29, 1.82) is 0 Å². The van der Waals surface area contributed by atoms with Gasteiger partial charge < -0.3 is 10.4 Å². The van der Waals surface area contributed by atoms with Gasteiger partial charge in [-0.05, 0) is 46.7 Å². The smallest absolute Gasteiger partial charge is 0.249 e. The number of nitrogens with one attached hydrogen (secondary N) is 1. The number of carbonyl (C=O) groups excluding carboxylic acids is 1. The van der Waals surface area contributed by atoms with Crippen molar-refractivity contribution in [2.75, 3.05) is 5.32 Å². The van der Waals surface area contributed by atoms with Crippen LogP contribution in [0.1, 0.15) is 16.7 Å². The van der Waals surface area contributed by atoms with Crippen LogP contribution >= 0.6 is 0 Å². The van der Waals surface area contributed by atoms with Crippen LogP contribution in [0.4, 0.5) is 5.69 Å². The molecule has 0 fully saturated rings. The molecule has 1 atom stereocenters. The molecule has 0 aromatic heterocycles. The normalized spacial score (nSPS) is 15.8. The van der Waals surface area contributed by atoms with Gasteiger partial charge in [0.25, 0.3) is 0 Å². The van der Waals surface area contributed by atoms with Gasteiger partial charge in [0.15, 0.2) is 0 Å². The van der Waals surface area contributed by atoms with Crippen molar-refractivity contribution in [2.45, 2.75) is 12.5 Å². The summed E-state index contributed by atoms with van der Waals surface area (Å²) in [6.45, 7) is 0. The van der Waals surface area contributed by atoms with Crippen molar-refractivity contribution in [1.82, 2.24) is 0 Å². The molecule has 1 heterocycles. The van der Waals surface area contributed by atoms with Crippen LogP contribution < -0.4 is 5.32 Å². The van der Waals surface area contributed by atoms with Crippen molar-refractivity contribution >= 4 is 28.1 Å². The number of para-hydroxylation sites is 1. The Bertz CT molecular complexity index is 1280. The number of anilines is 1. The van der Waals surface area contributed by atoms with Crippen molar-refractivity contribution in [3.8, 4) is 5.75 Å². The second kappa shape index (κ2) is 7.48. The minimum atomic E-state index is -0.553. The van der Waals surface area contributed by atoms with Crippen molar-refractivity contribution in [3.63, 3.8) is 0 Å². The third-order valence-electron chi connectivity index (χ3n) is 5.41. The molecule has 4 nitrogen and oxygen atoms in total. The zero-order valence-corrected chi connectivity index (χ0v) is 16.2. The number of benzodiazepines with no additional fused rings is 1. The molecule has 5 rings (SSSR count). The molecule has 1 amide bonds. The highest BCUT2D eigenvalue weighted by atomic mass is 16.3. The summed E-state index contributed by atoms with van der Waals surface area (Å²) in [6.07, 6.45) is 0.506. The molecular formula is C26H20N2O2. The highest BCUT2D eigenvalue weighted by molar-refractivity contribution is 6.19. The molecule has 0 bridgehead atoms. The highest BCUT2D eigenvalue weighted by Gasteiger charge is 2.26. The molecule has 1 aliphatic rings. The van der Waals surface area contributed by atoms with Crippen LogP contribution in [0.5, 0.6) is 5.75 Å². The SMILES string of the molecule is O=C1Nc2ccccc2C(c2ccc(O)cc2)=NC1Cc1ccc2ccccc2c1. The predicted octanol–water partition coefficient (Wildman–Crippen LogP) is 4.95. The van der Waals surface area contributed by atoms with E-state index < -0.39 is 6.04 Å². The van der Waals surface area contributed by atoms with Gasteiger partial charge in [-0.15, -0.1) is 0 Å². The molecule has 4 heteroatoms. The van der Waals surface area contributed by atoms with Gasteiger partial charge in [0.05, 0.1) is 11.4 Å². The first-order valence-corrected chi connectivity index (χ1v) is 9.92. The van der Waals surface area contributed by atoms with Crippen LogP contribution in [0.25, 0.3) is 10.8 Å². The largest absolute Gasteiger partial charge is 0.508 e. The fourth-order valence-corrected chi connectivity index (χ4v) is 3.88. The third-order valence-corrected chi connectivity index (χ3v) is 5.41. The first-order valence-electron chi connectivity index (χ1n) is 9.92. The summed E-state index contributed by atoms with van der Waals surface area (Å²) >= 11 is 0. The van der Waals surface area contributed by atoms with E-state index in [0.29, 0.717) is 6.42 Å². The van der Waals surface area contributed by atoms with Crippen LogP contribution in [0.2, 0.25) is 0 Å². The summed E-state index contributed by atoms with van der Waals surface area (Å²) in [5.41, 5.74) is 4.29. The molecule has 30 heavy (non-hydrogen) atoms. The summed E-state index contributed by atoms with van der Waals surface area (Å²) in [5, 5.41) is 15.0. The van der Waals surface area contributed by atoms with Gasteiger partial charge in [0.1, 0.15) is 11.8 Å². The van der Waals surface area contributed by atoms with E-state index in [0.717, 1.165) is 33.5 Å². The lowest BCUT2D eigenvalue weighted by molar-refractivity contribution is -0.117. The van der Waals surface area contributed by atoms with E-state index in [1.54, 1.807) is 12.1 Å². The molecule has 146 valence electrons. The van der Waals surface area contributed by atoms with Crippen LogP contribution in [0, 0.1) is 0 Å². The number of hydrogen-bond donors (Lipinski definition) is 2. The minimum absolute atomic E-state index is 0.121. The molecule has 4 aromatic rings. The van der Waals surface area contributed by atoms with Crippen LogP contribution in [-0.2, 0) is 11.2 Å². The predicted molar refractivity (Wildman–Crippen MR) is 120 cm³/mol. The fourth-order valence-electron chi connectivity index (χ4n) is 3.88. The maximum Gasteiger partial charge on any atom is 0.249 e. The summed E-state index contributed by atoms with van der Waals surface area (Å²) in [7, 11) is 0. The Balaban J connectivity index is 1.57. The number of amides is 1. The number of aliphatic imine (C=N–C) groups is 1. The lowest BCUT2D eigenvalue weighted by Gasteiger charge is -2.12. The number of carbonyl (C=O) groups is 1. The average Bonchev–Trinajstić information content (AvgIpc) is 2.91. The molecule has 1 unspecified atom stereocenters. The zero-order valence-electron chi connectivity index (χ0n) is 16.2. The standard InChI is InChI=1S/C26H20N2O2/c29-21-13-11-19(12-14-21)25-22-7-3-4-8-23(22)28-26(30)24(27-25)16-17-9-10-18-5-1-2-6-20(18)15-17/h1-15,24,29H,16H2,(H,28,30). The maximum atomic E-state index is 13.0. The average molecular weight is 392 g/mol. The number of phenolic OH excluding ortho intramolecular Hbond substituents is 1. The quantitative estimate of drug-likeness (QED) is 0.518. The van der Waals surface area contributed by atoms with Crippen LogP contribution in [0.15, 0.2) is 96.0 Å². The number of rotatable bonds is 3. The third kappa shape index (κ3) is 3.44. The van der Waals surface area contributed by atoms with E-state index in [9.17, 15) is 9.90 Å². The summed E-state index contributed by atoms with van der Waals surface area (Å²) < 4.78 is 0.